The molecule has 0 saturated carbocycles. The molecule has 1 heterocycles. The molecule has 0 fully saturated rings. The number of benzene rings is 1. The molecular weight excluding hydrogens is 264 g/mol. The minimum atomic E-state index is 0.116. The first kappa shape index (κ1) is 15.5. The van der Waals surface area contributed by atoms with Crippen molar-refractivity contribution in [2.45, 2.75) is 13.8 Å². The first-order chi connectivity index (χ1) is 10.1. The second-order valence-corrected chi connectivity index (χ2v) is 5.39. The van der Waals surface area contributed by atoms with Gasteiger partial charge in [-0.2, -0.15) is 0 Å². The summed E-state index contributed by atoms with van der Waals surface area (Å²) in [5, 5.41) is 15.8. The number of nitrogens with one attached hydrogen (secondary N) is 2. The number of likely N-dealkylation sites (N-methyl/N-ethyl adjacent to an activating group) is 1. The Kier molecular flexibility index (Phi) is 4.96. The van der Waals surface area contributed by atoms with Crippen LogP contribution in [0.15, 0.2) is 29.8 Å². The van der Waals surface area contributed by atoms with Crippen LogP contribution >= 0.6 is 0 Å². The number of anilines is 1. The number of aryl methyl sites for hydroxylation is 1. The Balaban J connectivity index is 2.45. The Bertz CT molecular complexity index is 527. The minimum Gasteiger partial charge on any atom is -0.395 e. The molecule has 1 aliphatic heterocycles. The quantitative estimate of drug-likeness (QED) is 0.755. The zero-order valence-electron chi connectivity index (χ0n) is 13.4. The van der Waals surface area contributed by atoms with Crippen LogP contribution < -0.4 is 15.5 Å². The van der Waals surface area contributed by atoms with Crippen molar-refractivity contribution in [2.75, 3.05) is 45.2 Å². The Morgan fingerprint density at radius 3 is 2.62 bits per heavy atom. The average molecular weight is 290 g/mol. The molecule has 0 bridgehead atoms. The van der Waals surface area contributed by atoms with Crippen molar-refractivity contribution in [1.82, 2.24) is 15.5 Å². The molecule has 0 spiro atoms. The SMILES string of the molecule is CNC1=C(NCCO)N(c2cccc(C)c2C)CCN1C. The fraction of sp³-hybridized carbons (Fsp3) is 0.500. The van der Waals surface area contributed by atoms with Crippen molar-refractivity contribution in [3.8, 4) is 0 Å². The lowest BCUT2D eigenvalue weighted by atomic mass is 10.1. The van der Waals surface area contributed by atoms with E-state index in [2.05, 4.69) is 59.5 Å². The number of hydrogen-bond acceptors (Lipinski definition) is 5. The normalized spacial score (nSPS) is 15.5. The molecule has 2 rings (SSSR count). The summed E-state index contributed by atoms with van der Waals surface area (Å²) < 4.78 is 0. The second kappa shape index (κ2) is 6.72. The van der Waals surface area contributed by atoms with Crippen molar-refractivity contribution in [3.05, 3.63) is 41.0 Å². The van der Waals surface area contributed by atoms with Crippen LogP contribution in [0.1, 0.15) is 11.1 Å². The van der Waals surface area contributed by atoms with Crippen LogP contribution in [0.3, 0.4) is 0 Å². The molecule has 0 aliphatic carbocycles. The molecule has 1 aliphatic rings. The summed E-state index contributed by atoms with van der Waals surface area (Å²) in [6.45, 7) is 6.82. The molecule has 3 N–H and O–H groups in total. The van der Waals surface area contributed by atoms with Gasteiger partial charge in [0.2, 0.25) is 0 Å². The number of aliphatic hydroxyl groups excluding tert-OH is 1. The smallest absolute Gasteiger partial charge is 0.147 e. The Morgan fingerprint density at radius 1 is 1.19 bits per heavy atom. The Morgan fingerprint density at radius 2 is 1.95 bits per heavy atom. The summed E-state index contributed by atoms with van der Waals surface area (Å²) in [6.07, 6.45) is 0. The van der Waals surface area contributed by atoms with E-state index in [1.165, 1.54) is 16.8 Å². The van der Waals surface area contributed by atoms with E-state index in [1.54, 1.807) is 0 Å². The van der Waals surface area contributed by atoms with Crippen molar-refractivity contribution in [1.29, 1.82) is 0 Å². The fourth-order valence-corrected chi connectivity index (χ4v) is 2.71. The number of nitrogens with zero attached hydrogens (tertiary/aromatic N) is 2. The van der Waals surface area contributed by atoms with Gasteiger partial charge in [0.1, 0.15) is 11.6 Å². The predicted molar refractivity (Wildman–Crippen MR) is 87.1 cm³/mol. The molecule has 0 aromatic heterocycles. The topological polar surface area (TPSA) is 50.8 Å². The molecule has 21 heavy (non-hydrogen) atoms. The van der Waals surface area contributed by atoms with Gasteiger partial charge in [-0.05, 0) is 31.0 Å². The summed E-state index contributed by atoms with van der Waals surface area (Å²) in [7, 11) is 4.01. The molecule has 0 unspecified atom stereocenters. The van der Waals surface area contributed by atoms with Crippen LogP contribution in [0.25, 0.3) is 0 Å². The predicted octanol–water partition coefficient (Wildman–Crippen LogP) is 0.983. The third-order valence-corrected chi connectivity index (χ3v) is 4.04. The first-order valence-corrected chi connectivity index (χ1v) is 7.41. The van der Waals surface area contributed by atoms with Crippen molar-refractivity contribution in [3.63, 3.8) is 0 Å². The maximum atomic E-state index is 9.14. The van der Waals surface area contributed by atoms with Crippen molar-refractivity contribution >= 4 is 5.69 Å². The van der Waals surface area contributed by atoms with Crippen LogP contribution in [0.4, 0.5) is 5.69 Å². The molecule has 5 nitrogen and oxygen atoms in total. The van der Waals surface area contributed by atoms with E-state index in [0.717, 1.165) is 24.7 Å². The summed E-state index contributed by atoms with van der Waals surface area (Å²) in [4.78, 5) is 4.49. The van der Waals surface area contributed by atoms with E-state index < -0.39 is 0 Å². The highest BCUT2D eigenvalue weighted by Crippen LogP contribution is 2.28. The third kappa shape index (κ3) is 3.08. The highest BCUT2D eigenvalue weighted by atomic mass is 16.3. The van der Waals surface area contributed by atoms with Gasteiger partial charge in [0, 0.05) is 39.4 Å². The van der Waals surface area contributed by atoms with Gasteiger partial charge in [0.25, 0.3) is 0 Å². The first-order valence-electron chi connectivity index (χ1n) is 7.41. The molecule has 0 atom stereocenters. The zero-order valence-corrected chi connectivity index (χ0v) is 13.4. The molecule has 116 valence electrons. The largest absolute Gasteiger partial charge is 0.395 e. The van der Waals surface area contributed by atoms with Crippen LogP contribution in [-0.4, -0.2) is 50.3 Å². The summed E-state index contributed by atoms with van der Waals surface area (Å²) >= 11 is 0. The zero-order chi connectivity index (χ0) is 15.4. The van der Waals surface area contributed by atoms with E-state index in [-0.39, 0.29) is 6.61 Å². The summed E-state index contributed by atoms with van der Waals surface area (Å²) in [5.41, 5.74) is 3.80. The second-order valence-electron chi connectivity index (χ2n) is 5.39. The molecule has 1 aromatic rings. The average Bonchev–Trinajstić information content (AvgIpc) is 2.48. The van der Waals surface area contributed by atoms with E-state index in [0.29, 0.717) is 6.54 Å². The summed E-state index contributed by atoms with van der Waals surface area (Å²) in [6, 6.07) is 6.39. The van der Waals surface area contributed by atoms with E-state index >= 15 is 0 Å². The molecule has 1 aromatic carbocycles. The standard InChI is InChI=1S/C16H26N4O/c1-12-6-5-7-14(13(12)2)20-10-9-19(4)15(17-3)16(20)18-8-11-21/h5-7,17-18,21H,8-11H2,1-4H3. The van der Waals surface area contributed by atoms with Gasteiger partial charge in [0.15, 0.2) is 0 Å². The van der Waals surface area contributed by atoms with Gasteiger partial charge >= 0.3 is 0 Å². The highest BCUT2D eigenvalue weighted by Gasteiger charge is 2.25. The van der Waals surface area contributed by atoms with Crippen LogP contribution in [0.5, 0.6) is 0 Å². The van der Waals surface area contributed by atoms with Gasteiger partial charge in [0.05, 0.1) is 6.61 Å². The number of hydrogen-bond donors (Lipinski definition) is 3. The molecule has 0 radical (unpaired) electrons. The maximum absolute atomic E-state index is 9.14. The van der Waals surface area contributed by atoms with Crippen molar-refractivity contribution in [2.24, 2.45) is 0 Å². The lowest BCUT2D eigenvalue weighted by molar-refractivity contribution is 0.291. The monoisotopic (exact) mass is 290 g/mol. The molecule has 0 saturated heterocycles. The van der Waals surface area contributed by atoms with Crippen molar-refractivity contribution < 1.29 is 5.11 Å². The fourth-order valence-electron chi connectivity index (χ4n) is 2.71. The van der Waals surface area contributed by atoms with Gasteiger partial charge < -0.3 is 25.5 Å². The third-order valence-electron chi connectivity index (χ3n) is 4.04. The summed E-state index contributed by atoms with van der Waals surface area (Å²) in [5.74, 6) is 2.07. The van der Waals surface area contributed by atoms with E-state index in [4.69, 9.17) is 5.11 Å². The van der Waals surface area contributed by atoms with Gasteiger partial charge in [-0.25, -0.2) is 0 Å². The Hall–Kier alpha value is -1.88. The van der Waals surface area contributed by atoms with Gasteiger partial charge in [-0.15, -0.1) is 0 Å². The molecule has 5 heteroatoms. The molecular formula is C16H26N4O. The maximum Gasteiger partial charge on any atom is 0.147 e. The van der Waals surface area contributed by atoms with Crippen LogP contribution in [0, 0.1) is 13.8 Å². The van der Waals surface area contributed by atoms with Crippen LogP contribution in [0.2, 0.25) is 0 Å². The van der Waals surface area contributed by atoms with Gasteiger partial charge in [-0.1, -0.05) is 12.1 Å². The Labute approximate surface area is 127 Å². The lowest BCUT2D eigenvalue weighted by Crippen LogP contribution is -2.48. The minimum absolute atomic E-state index is 0.116. The number of rotatable bonds is 5. The number of aliphatic hydroxyl groups is 1. The van der Waals surface area contributed by atoms with E-state index in [9.17, 15) is 0 Å². The highest BCUT2D eigenvalue weighted by molar-refractivity contribution is 5.60. The lowest BCUT2D eigenvalue weighted by Gasteiger charge is -2.39. The van der Waals surface area contributed by atoms with Crippen LogP contribution in [-0.2, 0) is 0 Å². The molecule has 0 amide bonds. The van der Waals surface area contributed by atoms with E-state index in [1.807, 2.05) is 7.05 Å². The van der Waals surface area contributed by atoms with Gasteiger partial charge in [-0.3, -0.25) is 0 Å².